The van der Waals surface area contributed by atoms with E-state index in [0.717, 1.165) is 12.1 Å². The first-order chi connectivity index (χ1) is 14.8. The first-order valence-electron chi connectivity index (χ1n) is 9.86. The molecule has 31 heavy (non-hydrogen) atoms. The number of nitrogens with zero attached hydrogens (tertiary/aromatic N) is 3. The van der Waals surface area contributed by atoms with E-state index in [1.807, 2.05) is 0 Å². The van der Waals surface area contributed by atoms with E-state index in [-0.39, 0.29) is 55.4 Å². The highest BCUT2D eigenvalue weighted by Gasteiger charge is 2.30. The monoisotopic (exact) mass is 444 g/mol. The average Bonchev–Trinajstić information content (AvgIpc) is 2.78. The number of aromatic amines is 1. The summed E-state index contributed by atoms with van der Waals surface area (Å²) >= 11 is 0. The van der Waals surface area contributed by atoms with Crippen LogP contribution in [0.1, 0.15) is 12.2 Å². The lowest BCUT2D eigenvalue weighted by Gasteiger charge is -2.34. The summed E-state index contributed by atoms with van der Waals surface area (Å²) < 4.78 is 39.7. The fourth-order valence-corrected chi connectivity index (χ4v) is 4.99. The second-order valence-electron chi connectivity index (χ2n) is 7.27. The van der Waals surface area contributed by atoms with Crippen LogP contribution in [-0.4, -0.2) is 59.7 Å². The summed E-state index contributed by atoms with van der Waals surface area (Å²) in [5.74, 6) is -0.194. The van der Waals surface area contributed by atoms with Crippen LogP contribution in [0.2, 0.25) is 0 Å². The molecule has 0 spiro atoms. The molecule has 1 aromatic heterocycles. The Hall–Kier alpha value is -3.11. The van der Waals surface area contributed by atoms with Gasteiger partial charge in [0.15, 0.2) is 0 Å². The number of fused-ring (bicyclic) bond motifs is 1. The Morgan fingerprint density at radius 1 is 1.03 bits per heavy atom. The molecule has 162 valence electrons. The van der Waals surface area contributed by atoms with Crippen molar-refractivity contribution in [1.82, 2.24) is 19.2 Å². The molecule has 0 radical (unpaired) electrons. The van der Waals surface area contributed by atoms with Crippen LogP contribution in [0.15, 0.2) is 58.2 Å². The van der Waals surface area contributed by atoms with Crippen molar-refractivity contribution >= 4 is 26.8 Å². The summed E-state index contributed by atoms with van der Waals surface area (Å²) in [7, 11) is -3.73. The molecule has 1 fully saturated rings. The number of carbonyl (C=O) groups is 1. The molecule has 1 aliphatic heterocycles. The van der Waals surface area contributed by atoms with Gasteiger partial charge in [0, 0.05) is 39.0 Å². The van der Waals surface area contributed by atoms with E-state index in [0.29, 0.717) is 16.7 Å². The number of H-pyrrole nitrogens is 1. The third-order valence-electron chi connectivity index (χ3n) is 5.28. The number of halogens is 1. The molecular formula is C21H21FN4O4S. The van der Waals surface area contributed by atoms with Gasteiger partial charge in [-0.15, -0.1) is 0 Å². The Bertz CT molecular complexity index is 1270. The Labute approximate surface area is 178 Å². The number of hydrogen-bond acceptors (Lipinski definition) is 5. The average molecular weight is 444 g/mol. The summed E-state index contributed by atoms with van der Waals surface area (Å²) in [6, 6.07) is 11.7. The van der Waals surface area contributed by atoms with E-state index in [4.69, 9.17) is 0 Å². The zero-order valence-corrected chi connectivity index (χ0v) is 17.4. The standard InChI is InChI=1S/C21H21FN4O4S/c22-15-5-7-16(8-6-15)31(29,30)26-13-11-25(12-14-26)20(27)10-9-19-23-18-4-2-1-3-17(18)21(28)24-19/h1-8H,9-14H2,(H,23,24,28). The van der Waals surface area contributed by atoms with Gasteiger partial charge >= 0.3 is 0 Å². The van der Waals surface area contributed by atoms with E-state index in [2.05, 4.69) is 9.97 Å². The molecule has 0 unspecified atom stereocenters. The normalized spacial score (nSPS) is 15.3. The van der Waals surface area contributed by atoms with Crippen molar-refractivity contribution in [2.24, 2.45) is 0 Å². The van der Waals surface area contributed by atoms with Gasteiger partial charge in [-0.3, -0.25) is 9.59 Å². The number of amides is 1. The van der Waals surface area contributed by atoms with E-state index in [1.54, 1.807) is 29.2 Å². The van der Waals surface area contributed by atoms with Gasteiger partial charge in [0.25, 0.3) is 5.56 Å². The predicted molar refractivity (Wildman–Crippen MR) is 112 cm³/mol. The molecule has 1 amide bonds. The zero-order chi connectivity index (χ0) is 22.0. The molecule has 3 aromatic rings. The number of hydrogen-bond donors (Lipinski definition) is 1. The van der Waals surface area contributed by atoms with Crippen LogP contribution in [0, 0.1) is 5.82 Å². The second-order valence-corrected chi connectivity index (χ2v) is 9.21. The Morgan fingerprint density at radius 3 is 2.42 bits per heavy atom. The van der Waals surface area contributed by atoms with E-state index in [9.17, 15) is 22.4 Å². The van der Waals surface area contributed by atoms with Crippen LogP contribution < -0.4 is 5.56 Å². The SMILES string of the molecule is O=C(CCc1nc2ccccc2c(=O)[nH]1)N1CCN(S(=O)(=O)c2ccc(F)cc2)CC1. The molecule has 4 rings (SSSR count). The van der Waals surface area contributed by atoms with Gasteiger partial charge in [-0.1, -0.05) is 12.1 Å². The number of rotatable bonds is 5. The number of piperazine rings is 1. The highest BCUT2D eigenvalue weighted by Crippen LogP contribution is 2.18. The molecule has 1 N–H and O–H groups in total. The van der Waals surface area contributed by atoms with Crippen LogP contribution in [0.25, 0.3) is 10.9 Å². The number of aryl methyl sites for hydroxylation is 1. The van der Waals surface area contributed by atoms with Crippen LogP contribution in [-0.2, 0) is 21.2 Å². The summed E-state index contributed by atoms with van der Waals surface area (Å²) in [6.45, 7) is 0.856. The van der Waals surface area contributed by atoms with Crippen LogP contribution in [0.3, 0.4) is 0 Å². The number of aromatic nitrogens is 2. The van der Waals surface area contributed by atoms with Gasteiger partial charge in [0.2, 0.25) is 15.9 Å². The molecule has 2 heterocycles. The smallest absolute Gasteiger partial charge is 0.258 e. The lowest BCUT2D eigenvalue weighted by Crippen LogP contribution is -2.50. The first-order valence-corrected chi connectivity index (χ1v) is 11.3. The van der Waals surface area contributed by atoms with Crippen molar-refractivity contribution < 1.29 is 17.6 Å². The van der Waals surface area contributed by atoms with Crippen molar-refractivity contribution in [1.29, 1.82) is 0 Å². The molecule has 0 bridgehead atoms. The molecule has 0 saturated carbocycles. The van der Waals surface area contributed by atoms with Gasteiger partial charge < -0.3 is 9.88 Å². The first kappa shape index (κ1) is 21.1. The molecule has 0 atom stereocenters. The highest BCUT2D eigenvalue weighted by atomic mass is 32.2. The lowest BCUT2D eigenvalue weighted by atomic mass is 10.2. The van der Waals surface area contributed by atoms with E-state index in [1.165, 1.54) is 16.4 Å². The molecule has 2 aromatic carbocycles. The summed E-state index contributed by atoms with van der Waals surface area (Å²) in [5.41, 5.74) is 0.334. The Morgan fingerprint density at radius 2 is 1.71 bits per heavy atom. The molecule has 1 aliphatic rings. The summed E-state index contributed by atoms with van der Waals surface area (Å²) in [5, 5.41) is 0.496. The zero-order valence-electron chi connectivity index (χ0n) is 16.6. The van der Waals surface area contributed by atoms with Gasteiger partial charge in [-0.05, 0) is 36.4 Å². The molecule has 0 aliphatic carbocycles. The van der Waals surface area contributed by atoms with Crippen molar-refractivity contribution in [3.05, 3.63) is 70.5 Å². The summed E-state index contributed by atoms with van der Waals surface area (Å²) in [4.78, 5) is 33.5. The molecule has 1 saturated heterocycles. The highest BCUT2D eigenvalue weighted by molar-refractivity contribution is 7.89. The van der Waals surface area contributed by atoms with Crippen molar-refractivity contribution in [2.75, 3.05) is 26.2 Å². The maximum Gasteiger partial charge on any atom is 0.258 e. The fourth-order valence-electron chi connectivity index (χ4n) is 3.57. The number of nitrogens with one attached hydrogen (secondary N) is 1. The topological polar surface area (TPSA) is 103 Å². The lowest BCUT2D eigenvalue weighted by molar-refractivity contribution is -0.132. The Balaban J connectivity index is 1.35. The van der Waals surface area contributed by atoms with Crippen LogP contribution >= 0.6 is 0 Å². The summed E-state index contributed by atoms with van der Waals surface area (Å²) in [6.07, 6.45) is 0.443. The van der Waals surface area contributed by atoms with E-state index < -0.39 is 15.8 Å². The quantitative estimate of drug-likeness (QED) is 0.643. The fraction of sp³-hybridized carbons (Fsp3) is 0.286. The number of benzene rings is 2. The molecular weight excluding hydrogens is 423 g/mol. The predicted octanol–water partition coefficient (Wildman–Crippen LogP) is 1.53. The third-order valence-corrected chi connectivity index (χ3v) is 7.19. The van der Waals surface area contributed by atoms with Crippen LogP contribution in [0.4, 0.5) is 4.39 Å². The van der Waals surface area contributed by atoms with Crippen molar-refractivity contribution in [3.63, 3.8) is 0 Å². The van der Waals surface area contributed by atoms with Crippen LogP contribution in [0.5, 0.6) is 0 Å². The molecule has 8 nitrogen and oxygen atoms in total. The van der Waals surface area contributed by atoms with Crippen molar-refractivity contribution in [2.45, 2.75) is 17.7 Å². The van der Waals surface area contributed by atoms with Gasteiger partial charge in [0.1, 0.15) is 11.6 Å². The maximum absolute atomic E-state index is 13.1. The largest absolute Gasteiger partial charge is 0.340 e. The van der Waals surface area contributed by atoms with E-state index >= 15 is 0 Å². The Kier molecular flexibility index (Phi) is 5.84. The number of carbonyl (C=O) groups excluding carboxylic acids is 1. The molecule has 10 heteroatoms. The minimum Gasteiger partial charge on any atom is -0.340 e. The van der Waals surface area contributed by atoms with Gasteiger partial charge in [-0.25, -0.2) is 17.8 Å². The second kappa shape index (κ2) is 8.56. The third kappa shape index (κ3) is 4.49. The van der Waals surface area contributed by atoms with Gasteiger partial charge in [-0.2, -0.15) is 4.31 Å². The number of sulfonamides is 1. The minimum atomic E-state index is -3.73. The van der Waals surface area contributed by atoms with Gasteiger partial charge in [0.05, 0.1) is 15.8 Å². The maximum atomic E-state index is 13.1. The minimum absolute atomic E-state index is 0.0278. The number of para-hydroxylation sites is 1. The van der Waals surface area contributed by atoms with Crippen molar-refractivity contribution in [3.8, 4) is 0 Å².